The fourth-order valence-corrected chi connectivity index (χ4v) is 9.81. The molecule has 8 aromatic carbocycles. The lowest BCUT2D eigenvalue weighted by Crippen LogP contribution is -2.03. The van der Waals surface area contributed by atoms with E-state index in [0.717, 1.165) is 6.07 Å². The molecule has 0 heterocycles. The summed E-state index contributed by atoms with van der Waals surface area (Å²) in [6, 6.07) is 25.8. The number of phenols is 3. The zero-order valence-corrected chi connectivity index (χ0v) is 39.8. The molecular formula is C44H33N9O15S4. The molecule has 0 aliphatic carbocycles. The van der Waals surface area contributed by atoms with Gasteiger partial charge in [-0.05, 0) is 114 Å². The molecule has 28 heteroatoms. The first-order chi connectivity index (χ1) is 34.1. The molecule has 0 amide bonds. The number of fused-ring (bicyclic) bond motifs is 3. The van der Waals surface area contributed by atoms with E-state index in [4.69, 9.17) is 11.0 Å². The predicted molar refractivity (Wildman–Crippen MR) is 260 cm³/mol. The summed E-state index contributed by atoms with van der Waals surface area (Å²) >= 11 is 0.464. The van der Waals surface area contributed by atoms with Crippen molar-refractivity contribution in [3.63, 3.8) is 0 Å². The highest BCUT2D eigenvalue weighted by molar-refractivity contribution is 7.94. The van der Waals surface area contributed by atoms with Crippen LogP contribution in [0.15, 0.2) is 170 Å². The second kappa shape index (κ2) is 19.7. The number of rotatable bonds is 14. The number of aryl methyl sites for hydroxylation is 2. The van der Waals surface area contributed by atoms with E-state index in [-0.39, 0.29) is 49.4 Å². The average molecular weight is 1060 g/mol. The van der Waals surface area contributed by atoms with E-state index >= 15 is 0 Å². The van der Waals surface area contributed by atoms with Gasteiger partial charge in [-0.2, -0.15) is 45.7 Å². The van der Waals surface area contributed by atoms with E-state index in [0.29, 0.717) is 46.5 Å². The molecule has 0 aliphatic heterocycles. The summed E-state index contributed by atoms with van der Waals surface area (Å²) in [6.07, 6.45) is 0. The molecule has 368 valence electrons. The summed E-state index contributed by atoms with van der Waals surface area (Å²) in [4.78, 5) is -2.86. The highest BCUT2D eigenvalue weighted by Crippen LogP contribution is 2.51. The van der Waals surface area contributed by atoms with Gasteiger partial charge in [0.15, 0.2) is 17.2 Å². The van der Waals surface area contributed by atoms with Gasteiger partial charge in [0.05, 0.1) is 50.8 Å². The second-order valence-corrected chi connectivity index (χ2v) is 20.1. The van der Waals surface area contributed by atoms with Gasteiger partial charge in [-0.3, -0.25) is 13.7 Å². The summed E-state index contributed by atoms with van der Waals surface area (Å²) in [7, 11) is -15.7. The molecule has 0 spiro atoms. The molecule has 9 N–H and O–H groups in total. The Bertz CT molecular complexity index is 4020. The van der Waals surface area contributed by atoms with Crippen molar-refractivity contribution >= 4 is 126 Å². The van der Waals surface area contributed by atoms with Gasteiger partial charge in [-0.25, -0.2) is 5.26 Å². The molecule has 0 unspecified atom stereocenters. The summed E-state index contributed by atoms with van der Waals surface area (Å²) in [6.45, 7) is 2.95. The smallest absolute Gasteiger partial charge is 0.296 e. The Morgan fingerprint density at radius 1 is 0.486 bits per heavy atom. The summed E-state index contributed by atoms with van der Waals surface area (Å²) in [5.74, 6) is -2.14. The van der Waals surface area contributed by atoms with Crippen LogP contribution in [-0.4, -0.2) is 59.5 Å². The first kappa shape index (κ1) is 50.5. The van der Waals surface area contributed by atoms with E-state index < -0.39 is 90.1 Å². The Kier molecular flexibility index (Phi) is 13.8. The van der Waals surface area contributed by atoms with Gasteiger partial charge < -0.3 is 21.1 Å². The fourth-order valence-electron chi connectivity index (χ4n) is 7.35. The maximum Gasteiger partial charge on any atom is 0.296 e. The van der Waals surface area contributed by atoms with E-state index in [9.17, 15) is 54.2 Å². The number of nitrogen functional groups attached to an aromatic ring is 1. The number of azo groups is 4. The van der Waals surface area contributed by atoms with Gasteiger partial charge in [0, 0.05) is 10.8 Å². The molecule has 0 aliphatic rings. The van der Waals surface area contributed by atoms with Crippen molar-refractivity contribution < 1.29 is 68.9 Å². The minimum atomic E-state index is -5.31. The highest BCUT2D eigenvalue weighted by Gasteiger charge is 2.29. The number of benzene rings is 8. The van der Waals surface area contributed by atoms with Gasteiger partial charge in [0.1, 0.15) is 37.4 Å². The highest BCUT2D eigenvalue weighted by atomic mass is 32.2. The molecule has 72 heavy (non-hydrogen) atoms. The molecule has 0 fully saturated rings. The van der Waals surface area contributed by atoms with Gasteiger partial charge in [0.2, 0.25) is 0 Å². The number of aromatic hydroxyl groups is 3. The lowest BCUT2D eigenvalue weighted by molar-refractivity contribution is -0.432. The van der Waals surface area contributed by atoms with Crippen LogP contribution >= 0.6 is 12.0 Å². The molecule has 0 radical (unpaired) electrons. The largest absolute Gasteiger partial charge is 0.505 e. The van der Waals surface area contributed by atoms with Crippen LogP contribution in [0.5, 0.6) is 17.2 Å². The van der Waals surface area contributed by atoms with Crippen molar-refractivity contribution in [2.75, 3.05) is 5.73 Å². The van der Waals surface area contributed by atoms with Crippen molar-refractivity contribution in [2.24, 2.45) is 40.9 Å². The lowest BCUT2D eigenvalue weighted by atomic mass is 10.0. The SMILES string of the molecule is Cc1c(N=Nc2c(S(=O)(=O)O)cc3cc(S(=O)(=O)O)c(N=Nc4ccc5c(O)c(N=Nc6ccccc6)c(S(=O)(=O)O)cc5c4C)c(N)c3c2O)ccc2c(O)c(N=Nc3ccccc3)c(SOOO)cc12. The predicted octanol–water partition coefficient (Wildman–Crippen LogP) is 12.3. The van der Waals surface area contributed by atoms with Crippen LogP contribution in [0.1, 0.15) is 11.1 Å². The van der Waals surface area contributed by atoms with Crippen molar-refractivity contribution in [3.05, 3.63) is 120 Å². The van der Waals surface area contributed by atoms with Gasteiger partial charge in [0.25, 0.3) is 30.4 Å². The average Bonchev–Trinajstić information content (AvgIpc) is 3.32. The van der Waals surface area contributed by atoms with Crippen molar-refractivity contribution in [3.8, 4) is 17.2 Å². The van der Waals surface area contributed by atoms with Crippen LogP contribution in [0, 0.1) is 13.8 Å². The third-order valence-electron chi connectivity index (χ3n) is 10.8. The van der Waals surface area contributed by atoms with Crippen molar-refractivity contribution in [1.82, 2.24) is 0 Å². The molecule has 0 saturated carbocycles. The number of nitrogens with two attached hydrogens (primary N) is 1. The molecule has 0 atom stereocenters. The minimum absolute atomic E-state index is 0.000237. The van der Waals surface area contributed by atoms with E-state index in [1.54, 1.807) is 67.6 Å². The first-order valence-electron chi connectivity index (χ1n) is 20.1. The number of nitrogens with zero attached hydrogens (tertiary/aromatic N) is 8. The van der Waals surface area contributed by atoms with Crippen LogP contribution in [0.4, 0.5) is 51.2 Å². The molecule has 8 aromatic rings. The van der Waals surface area contributed by atoms with Gasteiger partial charge in [-0.15, -0.1) is 24.8 Å². The van der Waals surface area contributed by atoms with Crippen molar-refractivity contribution in [1.29, 1.82) is 0 Å². The molecule has 0 saturated heterocycles. The Balaban J connectivity index is 1.24. The summed E-state index contributed by atoms with van der Waals surface area (Å²) in [5.41, 5.74) is 4.43. The van der Waals surface area contributed by atoms with Crippen LogP contribution in [0.2, 0.25) is 0 Å². The minimum Gasteiger partial charge on any atom is -0.505 e. The van der Waals surface area contributed by atoms with Crippen LogP contribution in [0.3, 0.4) is 0 Å². The van der Waals surface area contributed by atoms with E-state index in [1.165, 1.54) is 37.3 Å². The quantitative estimate of drug-likeness (QED) is 0.0125. The van der Waals surface area contributed by atoms with Gasteiger partial charge in [-0.1, -0.05) is 41.4 Å². The van der Waals surface area contributed by atoms with Crippen LogP contribution < -0.4 is 5.73 Å². The number of phenolic OH excluding ortho intramolecular Hbond substituents is 3. The van der Waals surface area contributed by atoms with Crippen molar-refractivity contribution in [2.45, 2.75) is 33.4 Å². The topological polar surface area (TPSA) is 387 Å². The lowest BCUT2D eigenvalue weighted by Gasteiger charge is -2.14. The van der Waals surface area contributed by atoms with E-state index in [1.807, 2.05) is 0 Å². The maximum absolute atomic E-state index is 12.8. The Morgan fingerprint density at radius 2 is 0.903 bits per heavy atom. The zero-order valence-electron chi connectivity index (χ0n) is 36.6. The second-order valence-electron chi connectivity index (χ2n) is 15.2. The molecule has 0 aromatic heterocycles. The standard InChI is InChI=1S/C44H33N9O15S4/c1-21-28-19-32(69-68-67-57)38(50-46-24-9-5-3-6-10-24)42(54)26(28)13-15-30(21)49-53-41-34(71(61,62)63)18-23-17-33(70(58,59)60)39(37(45)36(23)44(41)56)51-48-31-16-14-27-29(22(31)2)20-35(72(64,65)66)40(43(27)55)52-47-25-11-7-4-8-12-25/h3-20,54-57H,45H2,1-2H3,(H,58,59,60)(H,61,62,63)(H,64,65,66). The zero-order chi connectivity index (χ0) is 51.9. The summed E-state index contributed by atoms with van der Waals surface area (Å²) in [5, 5.41) is 78.7. The summed E-state index contributed by atoms with van der Waals surface area (Å²) < 4.78 is 112. The number of hydrogen-bond donors (Lipinski definition) is 8. The maximum atomic E-state index is 12.8. The van der Waals surface area contributed by atoms with E-state index in [2.05, 4.69) is 50.3 Å². The normalized spacial score (nSPS) is 12.8. The number of hydrogen-bond acceptors (Lipinski definition) is 22. The fraction of sp³-hybridized carbons (Fsp3) is 0.0455. The van der Waals surface area contributed by atoms with Crippen LogP contribution in [0.25, 0.3) is 32.3 Å². The molecule has 8 rings (SSSR count). The Morgan fingerprint density at radius 3 is 1.40 bits per heavy atom. The van der Waals surface area contributed by atoms with Crippen LogP contribution in [-0.2, 0) is 39.7 Å². The third kappa shape index (κ3) is 10.0. The molecular weight excluding hydrogens is 1020 g/mol. The first-order valence-corrected chi connectivity index (χ1v) is 25.2. The molecule has 24 nitrogen and oxygen atoms in total. The molecule has 0 bridgehead atoms. The third-order valence-corrected chi connectivity index (χ3v) is 14.0. The Hall–Kier alpha value is -7.90. The van der Waals surface area contributed by atoms with Gasteiger partial charge >= 0.3 is 0 Å². The number of anilines is 1. The Labute approximate surface area is 410 Å². The monoisotopic (exact) mass is 1060 g/mol.